The van der Waals surface area contributed by atoms with Crippen LogP contribution in [0.4, 0.5) is 4.79 Å². The zero-order valence-electron chi connectivity index (χ0n) is 12.1. The molecule has 21 heavy (non-hydrogen) atoms. The highest BCUT2D eigenvalue weighted by Crippen LogP contribution is 2.07. The Bertz CT molecular complexity index is 568. The molecule has 112 valence electrons. The van der Waals surface area contributed by atoms with Crippen LogP contribution in [0.15, 0.2) is 42.7 Å². The van der Waals surface area contributed by atoms with Gasteiger partial charge in [-0.15, -0.1) is 0 Å². The van der Waals surface area contributed by atoms with Gasteiger partial charge in [-0.05, 0) is 19.1 Å². The highest BCUT2D eigenvalue weighted by Gasteiger charge is 2.10. The number of aromatic nitrogens is 2. The van der Waals surface area contributed by atoms with Crippen molar-refractivity contribution in [2.24, 2.45) is 0 Å². The summed E-state index contributed by atoms with van der Waals surface area (Å²) in [5.41, 5.74) is 1.90. The van der Waals surface area contributed by atoms with E-state index < -0.39 is 0 Å². The van der Waals surface area contributed by atoms with Gasteiger partial charge in [-0.3, -0.25) is 0 Å². The highest BCUT2D eigenvalue weighted by atomic mass is 16.3. The quantitative estimate of drug-likeness (QED) is 0.844. The summed E-state index contributed by atoms with van der Waals surface area (Å²) in [6.45, 7) is 3.16. The number of benzene rings is 1. The van der Waals surface area contributed by atoms with Crippen molar-refractivity contribution in [2.45, 2.75) is 13.5 Å². The molecule has 0 fully saturated rings. The van der Waals surface area contributed by atoms with Crippen molar-refractivity contribution in [3.63, 3.8) is 0 Å². The number of para-hydroxylation sites is 1. The number of carbonyl (C=O) groups excluding carboxylic acids is 1. The maximum atomic E-state index is 11.9. The summed E-state index contributed by atoms with van der Waals surface area (Å²) >= 11 is 0. The van der Waals surface area contributed by atoms with Crippen LogP contribution in [0.2, 0.25) is 0 Å². The third-order valence-corrected chi connectivity index (χ3v) is 3.14. The number of hydrogen-bond donors (Lipinski definition) is 2. The van der Waals surface area contributed by atoms with E-state index in [9.17, 15) is 4.79 Å². The average molecular weight is 288 g/mol. The summed E-state index contributed by atoms with van der Waals surface area (Å²) in [7, 11) is 0. The standard InChI is InChI=1S/C15H20N4O2/c1-2-18(8-9-20)15(21)16-10-13-11-17-19(12-13)14-6-4-3-5-7-14/h3-7,11-12,20H,2,8-10H2,1H3,(H,16,21). The number of nitrogens with zero attached hydrogens (tertiary/aromatic N) is 3. The van der Waals surface area contributed by atoms with Crippen LogP contribution < -0.4 is 5.32 Å². The molecule has 2 amide bonds. The summed E-state index contributed by atoms with van der Waals surface area (Å²) in [6.07, 6.45) is 3.62. The second-order valence-electron chi connectivity index (χ2n) is 4.59. The van der Waals surface area contributed by atoms with Gasteiger partial charge in [0.2, 0.25) is 0 Å². The average Bonchev–Trinajstić information content (AvgIpc) is 3.00. The first-order valence-electron chi connectivity index (χ1n) is 6.97. The number of aliphatic hydroxyl groups is 1. The molecule has 0 atom stereocenters. The van der Waals surface area contributed by atoms with Gasteiger partial charge in [0, 0.05) is 31.4 Å². The number of aliphatic hydroxyl groups excluding tert-OH is 1. The van der Waals surface area contributed by atoms with Gasteiger partial charge in [-0.2, -0.15) is 5.10 Å². The van der Waals surface area contributed by atoms with Crippen molar-refractivity contribution in [1.29, 1.82) is 0 Å². The van der Waals surface area contributed by atoms with Crippen molar-refractivity contribution < 1.29 is 9.90 Å². The fraction of sp³-hybridized carbons (Fsp3) is 0.333. The van der Waals surface area contributed by atoms with Gasteiger partial charge in [0.1, 0.15) is 0 Å². The third kappa shape index (κ3) is 4.06. The summed E-state index contributed by atoms with van der Waals surface area (Å²) < 4.78 is 1.77. The number of nitrogens with one attached hydrogen (secondary N) is 1. The van der Waals surface area contributed by atoms with Crippen LogP contribution >= 0.6 is 0 Å². The van der Waals surface area contributed by atoms with Gasteiger partial charge in [0.05, 0.1) is 18.5 Å². The van der Waals surface area contributed by atoms with E-state index in [2.05, 4.69) is 10.4 Å². The topological polar surface area (TPSA) is 70.4 Å². The Morgan fingerprint density at radius 3 is 2.81 bits per heavy atom. The second kappa shape index (κ2) is 7.44. The third-order valence-electron chi connectivity index (χ3n) is 3.14. The van der Waals surface area contributed by atoms with E-state index in [1.54, 1.807) is 15.8 Å². The Balaban J connectivity index is 1.93. The van der Waals surface area contributed by atoms with Crippen molar-refractivity contribution >= 4 is 6.03 Å². The molecule has 6 heteroatoms. The first-order chi connectivity index (χ1) is 10.2. The van der Waals surface area contributed by atoms with Gasteiger partial charge >= 0.3 is 6.03 Å². The van der Waals surface area contributed by atoms with E-state index >= 15 is 0 Å². The molecule has 0 aliphatic carbocycles. The number of hydrogen-bond acceptors (Lipinski definition) is 3. The Hall–Kier alpha value is -2.34. The number of likely N-dealkylation sites (N-methyl/N-ethyl adjacent to an activating group) is 1. The van der Waals surface area contributed by atoms with E-state index in [-0.39, 0.29) is 12.6 Å². The summed E-state index contributed by atoms with van der Waals surface area (Å²) in [5.74, 6) is 0. The fourth-order valence-corrected chi connectivity index (χ4v) is 1.99. The monoisotopic (exact) mass is 288 g/mol. The van der Waals surface area contributed by atoms with Crippen molar-refractivity contribution in [1.82, 2.24) is 20.0 Å². The molecule has 0 saturated heterocycles. The Labute approximate surface area is 124 Å². The van der Waals surface area contributed by atoms with E-state index in [0.29, 0.717) is 19.6 Å². The lowest BCUT2D eigenvalue weighted by molar-refractivity contribution is 0.180. The second-order valence-corrected chi connectivity index (χ2v) is 4.59. The molecule has 0 bridgehead atoms. The Morgan fingerprint density at radius 1 is 1.38 bits per heavy atom. The van der Waals surface area contributed by atoms with Crippen molar-refractivity contribution in [3.05, 3.63) is 48.3 Å². The molecule has 0 saturated carbocycles. The first kappa shape index (κ1) is 15.1. The molecule has 1 heterocycles. The van der Waals surface area contributed by atoms with Crippen LogP contribution in [-0.2, 0) is 6.54 Å². The van der Waals surface area contributed by atoms with Gasteiger partial charge in [0.15, 0.2) is 0 Å². The molecule has 2 rings (SSSR count). The Kier molecular flexibility index (Phi) is 5.34. The highest BCUT2D eigenvalue weighted by molar-refractivity contribution is 5.74. The van der Waals surface area contributed by atoms with Gasteiger partial charge in [0.25, 0.3) is 0 Å². The van der Waals surface area contributed by atoms with Crippen LogP contribution in [0, 0.1) is 0 Å². The van der Waals surface area contributed by atoms with Gasteiger partial charge < -0.3 is 15.3 Å². The lowest BCUT2D eigenvalue weighted by atomic mass is 10.3. The molecule has 0 aliphatic rings. The first-order valence-corrected chi connectivity index (χ1v) is 6.97. The van der Waals surface area contributed by atoms with Gasteiger partial charge in [-0.1, -0.05) is 18.2 Å². The largest absolute Gasteiger partial charge is 0.395 e. The molecule has 0 unspecified atom stereocenters. The van der Waals surface area contributed by atoms with E-state index in [1.165, 1.54) is 0 Å². The lowest BCUT2D eigenvalue weighted by Gasteiger charge is -2.19. The predicted molar refractivity (Wildman–Crippen MR) is 80.1 cm³/mol. The summed E-state index contributed by atoms with van der Waals surface area (Å²) in [6, 6.07) is 9.61. The minimum Gasteiger partial charge on any atom is -0.395 e. The molecule has 1 aromatic carbocycles. The van der Waals surface area contributed by atoms with Crippen LogP contribution in [0.25, 0.3) is 5.69 Å². The summed E-state index contributed by atoms with van der Waals surface area (Å²) in [4.78, 5) is 13.4. The number of rotatable bonds is 6. The van der Waals surface area contributed by atoms with E-state index in [0.717, 1.165) is 11.3 Å². The molecule has 0 aliphatic heterocycles. The normalized spacial score (nSPS) is 10.4. The zero-order valence-corrected chi connectivity index (χ0v) is 12.1. The van der Waals surface area contributed by atoms with Gasteiger partial charge in [-0.25, -0.2) is 9.48 Å². The molecule has 0 radical (unpaired) electrons. The maximum Gasteiger partial charge on any atom is 0.317 e. The van der Waals surface area contributed by atoms with Crippen LogP contribution in [0.3, 0.4) is 0 Å². The van der Waals surface area contributed by atoms with E-state index in [4.69, 9.17) is 5.11 Å². The molecule has 2 aromatic rings. The predicted octanol–water partition coefficient (Wildman–Crippen LogP) is 1.40. The zero-order chi connectivity index (χ0) is 15.1. The van der Waals surface area contributed by atoms with E-state index in [1.807, 2.05) is 43.5 Å². The summed E-state index contributed by atoms with van der Waals surface area (Å²) in [5, 5.41) is 16.0. The molecule has 2 N–H and O–H groups in total. The number of urea groups is 1. The van der Waals surface area contributed by atoms with Crippen LogP contribution in [-0.4, -0.2) is 45.5 Å². The van der Waals surface area contributed by atoms with Crippen molar-refractivity contribution in [3.8, 4) is 5.69 Å². The minimum absolute atomic E-state index is 0.0345. The number of amides is 2. The molecule has 0 spiro atoms. The number of carbonyl (C=O) groups is 1. The lowest BCUT2D eigenvalue weighted by Crippen LogP contribution is -2.40. The molecule has 1 aromatic heterocycles. The molecular formula is C15H20N4O2. The SMILES string of the molecule is CCN(CCO)C(=O)NCc1cnn(-c2ccccc2)c1. The minimum atomic E-state index is -0.181. The van der Waals surface area contributed by atoms with Crippen LogP contribution in [0.1, 0.15) is 12.5 Å². The molecule has 6 nitrogen and oxygen atoms in total. The van der Waals surface area contributed by atoms with Crippen molar-refractivity contribution in [2.75, 3.05) is 19.7 Å². The maximum absolute atomic E-state index is 11.9. The Morgan fingerprint density at radius 2 is 2.14 bits per heavy atom. The fourth-order valence-electron chi connectivity index (χ4n) is 1.99. The van der Waals surface area contributed by atoms with Crippen LogP contribution in [0.5, 0.6) is 0 Å². The molecular weight excluding hydrogens is 268 g/mol. The smallest absolute Gasteiger partial charge is 0.317 e.